The van der Waals surface area contributed by atoms with Crippen LogP contribution in [0.25, 0.3) is 0 Å². The first-order valence-electron chi connectivity index (χ1n) is 9.59. The fourth-order valence-electron chi connectivity index (χ4n) is 3.29. The number of hydrogen-bond acceptors (Lipinski definition) is 3. The average molecular weight is 359 g/mol. The van der Waals surface area contributed by atoms with Gasteiger partial charge in [0, 0.05) is 29.9 Å². The van der Waals surface area contributed by atoms with Gasteiger partial charge in [0.2, 0.25) is 0 Å². The van der Waals surface area contributed by atoms with Gasteiger partial charge in [-0.2, -0.15) is 0 Å². The summed E-state index contributed by atoms with van der Waals surface area (Å²) in [4.78, 5) is 24.4. The van der Waals surface area contributed by atoms with Crippen LogP contribution in [0, 0.1) is 5.92 Å². The molecule has 0 aromatic heterocycles. The predicted octanol–water partition coefficient (Wildman–Crippen LogP) is 3.29. The zero-order chi connectivity index (χ0) is 18.5. The Kier molecular flexibility index (Phi) is 6.14. The van der Waals surface area contributed by atoms with Crippen molar-refractivity contribution in [2.45, 2.75) is 64.1 Å². The molecule has 2 atom stereocenters. The van der Waals surface area contributed by atoms with Gasteiger partial charge >= 0.3 is 6.03 Å². The molecule has 2 fully saturated rings. The van der Waals surface area contributed by atoms with Gasteiger partial charge in [0.05, 0.1) is 6.10 Å². The summed E-state index contributed by atoms with van der Waals surface area (Å²) in [5, 5.41) is 8.82. The van der Waals surface area contributed by atoms with E-state index in [0.717, 1.165) is 32.1 Å². The van der Waals surface area contributed by atoms with Crippen molar-refractivity contribution in [3.8, 4) is 0 Å². The highest BCUT2D eigenvalue weighted by molar-refractivity contribution is 5.97. The van der Waals surface area contributed by atoms with Crippen LogP contribution < -0.4 is 16.0 Å². The molecule has 1 aromatic rings. The van der Waals surface area contributed by atoms with Crippen LogP contribution in [0.2, 0.25) is 0 Å². The van der Waals surface area contributed by atoms with E-state index >= 15 is 0 Å². The molecule has 6 heteroatoms. The zero-order valence-electron chi connectivity index (χ0n) is 15.6. The predicted molar refractivity (Wildman–Crippen MR) is 101 cm³/mol. The summed E-state index contributed by atoms with van der Waals surface area (Å²) in [7, 11) is 0. The van der Waals surface area contributed by atoms with Gasteiger partial charge in [0.25, 0.3) is 5.91 Å². The first-order chi connectivity index (χ1) is 12.5. The summed E-state index contributed by atoms with van der Waals surface area (Å²) in [6.45, 7) is 5.04. The van der Waals surface area contributed by atoms with Crippen LogP contribution in [0.1, 0.15) is 56.3 Å². The number of anilines is 1. The number of carbonyl (C=O) groups excluding carboxylic acids is 2. The maximum absolute atomic E-state index is 12.3. The number of hydrogen-bond donors (Lipinski definition) is 3. The fraction of sp³-hybridized carbons (Fsp3) is 0.600. The highest BCUT2D eigenvalue weighted by Gasteiger charge is 2.25. The normalized spacial score (nSPS) is 22.7. The molecule has 0 radical (unpaired) electrons. The second-order valence-corrected chi connectivity index (χ2v) is 7.77. The SMILES string of the molecule is CC(C)C[C@H]1C[C@@H](NC(=O)Nc2cccc(C(=O)NC3CC3)c2)CCO1. The van der Waals surface area contributed by atoms with Crippen molar-refractivity contribution in [1.29, 1.82) is 0 Å². The Balaban J connectivity index is 1.50. The third kappa shape index (κ3) is 5.73. The Morgan fingerprint density at radius 3 is 2.69 bits per heavy atom. The second-order valence-electron chi connectivity index (χ2n) is 7.77. The standard InChI is InChI=1S/C20H29N3O3/c1-13(2)10-18-12-17(8-9-26-18)23-20(25)22-16-5-3-4-14(11-16)19(24)21-15-6-7-15/h3-5,11,13,15,17-18H,6-10,12H2,1-2H3,(H,21,24)(H2,22,23,25)/t17-,18-/m0/s1. The Hall–Kier alpha value is -2.08. The van der Waals surface area contributed by atoms with E-state index in [0.29, 0.717) is 29.8 Å². The lowest BCUT2D eigenvalue weighted by atomic mass is 9.96. The summed E-state index contributed by atoms with van der Waals surface area (Å²) in [6, 6.07) is 7.24. The second kappa shape index (κ2) is 8.54. The van der Waals surface area contributed by atoms with Gasteiger partial charge in [-0.25, -0.2) is 4.79 Å². The third-order valence-electron chi connectivity index (χ3n) is 4.73. The molecule has 1 aliphatic heterocycles. The minimum atomic E-state index is -0.236. The summed E-state index contributed by atoms with van der Waals surface area (Å²) in [5.74, 6) is 0.495. The van der Waals surface area contributed by atoms with Crippen LogP contribution in [0.4, 0.5) is 10.5 Å². The van der Waals surface area contributed by atoms with E-state index in [1.807, 2.05) is 0 Å². The Morgan fingerprint density at radius 2 is 1.96 bits per heavy atom. The van der Waals surface area contributed by atoms with E-state index in [-0.39, 0.29) is 24.1 Å². The molecule has 26 heavy (non-hydrogen) atoms. The molecule has 1 aromatic carbocycles. The van der Waals surface area contributed by atoms with E-state index in [9.17, 15) is 9.59 Å². The van der Waals surface area contributed by atoms with Crippen molar-refractivity contribution < 1.29 is 14.3 Å². The van der Waals surface area contributed by atoms with Crippen LogP contribution in [0.15, 0.2) is 24.3 Å². The molecule has 3 rings (SSSR count). The molecule has 6 nitrogen and oxygen atoms in total. The van der Waals surface area contributed by atoms with E-state index in [2.05, 4.69) is 29.8 Å². The third-order valence-corrected chi connectivity index (χ3v) is 4.73. The number of benzene rings is 1. The molecule has 1 heterocycles. The van der Waals surface area contributed by atoms with Gasteiger partial charge in [0.1, 0.15) is 0 Å². The lowest BCUT2D eigenvalue weighted by Gasteiger charge is -2.31. The molecule has 0 unspecified atom stereocenters. The van der Waals surface area contributed by atoms with Crippen molar-refractivity contribution >= 4 is 17.6 Å². The first-order valence-corrected chi connectivity index (χ1v) is 9.59. The monoisotopic (exact) mass is 359 g/mol. The number of carbonyl (C=O) groups is 2. The Labute approximate surface area is 155 Å². The topological polar surface area (TPSA) is 79.5 Å². The number of urea groups is 1. The van der Waals surface area contributed by atoms with E-state index in [1.165, 1.54) is 0 Å². The lowest BCUT2D eigenvalue weighted by molar-refractivity contribution is -0.00717. The van der Waals surface area contributed by atoms with Crippen LogP contribution in [-0.2, 0) is 4.74 Å². The highest BCUT2D eigenvalue weighted by Crippen LogP contribution is 2.21. The lowest BCUT2D eigenvalue weighted by Crippen LogP contribution is -2.44. The molecule has 142 valence electrons. The maximum atomic E-state index is 12.3. The van der Waals surface area contributed by atoms with Crippen molar-refractivity contribution in [1.82, 2.24) is 10.6 Å². The van der Waals surface area contributed by atoms with E-state index in [4.69, 9.17) is 4.74 Å². The first kappa shape index (κ1) is 18.7. The minimum Gasteiger partial charge on any atom is -0.378 e. The van der Waals surface area contributed by atoms with E-state index in [1.54, 1.807) is 24.3 Å². The molecule has 2 aliphatic rings. The number of nitrogens with one attached hydrogen (secondary N) is 3. The Bertz CT molecular complexity index is 643. The molecular weight excluding hydrogens is 330 g/mol. The molecule has 1 aliphatic carbocycles. The highest BCUT2D eigenvalue weighted by atomic mass is 16.5. The minimum absolute atomic E-state index is 0.0856. The van der Waals surface area contributed by atoms with Gasteiger partial charge in [0.15, 0.2) is 0 Å². The summed E-state index contributed by atoms with van der Waals surface area (Å²) in [6.07, 6.45) is 4.99. The number of amides is 3. The maximum Gasteiger partial charge on any atom is 0.319 e. The molecule has 1 saturated heterocycles. The van der Waals surface area contributed by atoms with Crippen molar-refractivity contribution in [3.63, 3.8) is 0 Å². The van der Waals surface area contributed by atoms with Crippen molar-refractivity contribution in [2.75, 3.05) is 11.9 Å². The van der Waals surface area contributed by atoms with Crippen LogP contribution in [0.5, 0.6) is 0 Å². The molecule has 3 amide bonds. The van der Waals surface area contributed by atoms with Crippen LogP contribution in [-0.4, -0.2) is 36.7 Å². The summed E-state index contributed by atoms with van der Waals surface area (Å²) >= 11 is 0. The van der Waals surface area contributed by atoms with Gasteiger partial charge in [-0.3, -0.25) is 4.79 Å². The quantitative estimate of drug-likeness (QED) is 0.729. The van der Waals surface area contributed by atoms with Gasteiger partial charge in [-0.15, -0.1) is 0 Å². The molecule has 0 bridgehead atoms. The van der Waals surface area contributed by atoms with Crippen molar-refractivity contribution in [3.05, 3.63) is 29.8 Å². The largest absolute Gasteiger partial charge is 0.378 e. The van der Waals surface area contributed by atoms with Crippen LogP contribution >= 0.6 is 0 Å². The van der Waals surface area contributed by atoms with Gasteiger partial charge in [-0.1, -0.05) is 19.9 Å². The van der Waals surface area contributed by atoms with Gasteiger partial charge in [-0.05, 0) is 56.2 Å². The van der Waals surface area contributed by atoms with Crippen molar-refractivity contribution in [2.24, 2.45) is 5.92 Å². The van der Waals surface area contributed by atoms with Crippen LogP contribution in [0.3, 0.4) is 0 Å². The zero-order valence-corrected chi connectivity index (χ0v) is 15.6. The Morgan fingerprint density at radius 1 is 1.15 bits per heavy atom. The summed E-state index contributed by atoms with van der Waals surface area (Å²) < 4.78 is 5.78. The van der Waals surface area contributed by atoms with Gasteiger partial charge < -0.3 is 20.7 Å². The smallest absolute Gasteiger partial charge is 0.319 e. The molecule has 0 spiro atoms. The molecule has 1 saturated carbocycles. The van der Waals surface area contributed by atoms with E-state index < -0.39 is 0 Å². The summed E-state index contributed by atoms with van der Waals surface area (Å²) in [5.41, 5.74) is 1.19. The molecule has 3 N–H and O–H groups in total. The number of rotatable bonds is 6. The number of ether oxygens (including phenoxy) is 1. The average Bonchev–Trinajstić information content (AvgIpc) is 3.38. The fourth-order valence-corrected chi connectivity index (χ4v) is 3.29. The molecular formula is C20H29N3O3.